The van der Waals surface area contributed by atoms with Crippen molar-refractivity contribution >= 4 is 5.88 Å². The van der Waals surface area contributed by atoms with E-state index in [9.17, 15) is 5.26 Å². The number of nitriles is 1. The monoisotopic (exact) mass is 407 g/mol. The molecule has 1 aromatic carbocycles. The molecular weight excluding hydrogens is 382 g/mol. The lowest BCUT2D eigenvalue weighted by molar-refractivity contribution is 0.270. The Bertz CT molecular complexity index is 1020. The fourth-order valence-corrected chi connectivity index (χ4v) is 3.93. The zero-order chi connectivity index (χ0) is 21.1. The number of piperidine rings is 1. The molecule has 2 unspecified atom stereocenters. The minimum atomic E-state index is 0.270. The first kappa shape index (κ1) is 19.9. The molecule has 30 heavy (non-hydrogen) atoms. The Balaban J connectivity index is 1.47. The van der Waals surface area contributed by atoms with Crippen molar-refractivity contribution in [3.63, 3.8) is 0 Å². The molecule has 7 heteroatoms. The van der Waals surface area contributed by atoms with Gasteiger partial charge in [0.15, 0.2) is 5.76 Å². The molecule has 156 valence electrons. The Morgan fingerprint density at radius 3 is 2.43 bits per heavy atom. The lowest BCUT2D eigenvalue weighted by atomic mass is 9.92. The first-order chi connectivity index (χ1) is 14.6. The minimum absolute atomic E-state index is 0.270. The first-order valence-electron chi connectivity index (χ1n) is 10.1. The van der Waals surface area contributed by atoms with Gasteiger partial charge in [0.2, 0.25) is 11.6 Å². The second kappa shape index (κ2) is 8.54. The lowest BCUT2D eigenvalue weighted by Gasteiger charge is -2.34. The van der Waals surface area contributed by atoms with Crippen LogP contribution in [-0.2, 0) is 6.61 Å². The van der Waals surface area contributed by atoms with Crippen molar-refractivity contribution in [1.29, 1.82) is 5.26 Å². The summed E-state index contributed by atoms with van der Waals surface area (Å²) >= 11 is 0. The van der Waals surface area contributed by atoms with Crippen molar-refractivity contribution in [2.75, 3.05) is 25.1 Å². The Morgan fingerprint density at radius 1 is 1.07 bits per heavy atom. The van der Waals surface area contributed by atoms with Gasteiger partial charge in [0.1, 0.15) is 29.9 Å². The van der Waals surface area contributed by atoms with Gasteiger partial charge in [-0.15, -0.1) is 0 Å². The van der Waals surface area contributed by atoms with E-state index in [-0.39, 0.29) is 6.61 Å². The van der Waals surface area contributed by atoms with Crippen molar-refractivity contribution < 1.29 is 18.3 Å². The highest BCUT2D eigenvalue weighted by Gasteiger charge is 2.28. The number of methoxy groups -OCH3 is 1. The average Bonchev–Trinajstić information content (AvgIpc) is 3.39. The van der Waals surface area contributed by atoms with Crippen LogP contribution in [0.15, 0.2) is 45.2 Å². The average molecular weight is 407 g/mol. The van der Waals surface area contributed by atoms with Crippen molar-refractivity contribution in [1.82, 2.24) is 4.98 Å². The second-order valence-corrected chi connectivity index (χ2v) is 7.87. The van der Waals surface area contributed by atoms with E-state index in [1.165, 1.54) is 6.42 Å². The summed E-state index contributed by atoms with van der Waals surface area (Å²) in [5.41, 5.74) is 0.290. The smallest absolute Gasteiger partial charge is 0.266 e. The van der Waals surface area contributed by atoms with E-state index in [1.807, 2.05) is 30.3 Å². The lowest BCUT2D eigenvalue weighted by Crippen LogP contribution is -2.38. The zero-order valence-corrected chi connectivity index (χ0v) is 17.4. The number of anilines is 1. The van der Waals surface area contributed by atoms with Crippen molar-refractivity contribution in [2.45, 2.75) is 26.9 Å². The maximum absolute atomic E-state index is 9.54. The fraction of sp³-hybridized carbons (Fsp3) is 0.391. The molecule has 3 heterocycles. The quantitative estimate of drug-likeness (QED) is 0.576. The molecule has 0 amide bonds. The Hall–Kier alpha value is -3.40. The van der Waals surface area contributed by atoms with Gasteiger partial charge < -0.3 is 23.2 Å². The topological polar surface area (TPSA) is 84.7 Å². The predicted octanol–water partition coefficient (Wildman–Crippen LogP) is 4.88. The van der Waals surface area contributed by atoms with Gasteiger partial charge in [-0.3, -0.25) is 0 Å². The highest BCUT2D eigenvalue weighted by atomic mass is 16.5. The van der Waals surface area contributed by atoms with E-state index in [0.29, 0.717) is 46.6 Å². The summed E-state index contributed by atoms with van der Waals surface area (Å²) in [6, 6.07) is 13.1. The van der Waals surface area contributed by atoms with Crippen molar-refractivity contribution in [2.24, 2.45) is 11.8 Å². The summed E-state index contributed by atoms with van der Waals surface area (Å²) in [4.78, 5) is 6.47. The molecule has 2 atom stereocenters. The molecule has 4 rings (SSSR count). The summed E-state index contributed by atoms with van der Waals surface area (Å²) in [5, 5.41) is 9.54. The number of aromatic nitrogens is 1. The molecule has 7 nitrogen and oxygen atoms in total. The van der Waals surface area contributed by atoms with Crippen LogP contribution in [-0.4, -0.2) is 25.2 Å². The zero-order valence-electron chi connectivity index (χ0n) is 17.4. The van der Waals surface area contributed by atoms with Gasteiger partial charge in [0, 0.05) is 13.1 Å². The van der Waals surface area contributed by atoms with Crippen LogP contribution in [0.25, 0.3) is 11.7 Å². The van der Waals surface area contributed by atoms with Crippen LogP contribution in [0.1, 0.15) is 31.7 Å². The van der Waals surface area contributed by atoms with Crippen molar-refractivity contribution in [3.8, 4) is 29.2 Å². The van der Waals surface area contributed by atoms with Gasteiger partial charge >= 0.3 is 0 Å². The molecule has 1 fully saturated rings. The van der Waals surface area contributed by atoms with Gasteiger partial charge in [-0.25, -0.2) is 0 Å². The van der Waals surface area contributed by atoms with E-state index in [2.05, 4.69) is 29.8 Å². The van der Waals surface area contributed by atoms with Gasteiger partial charge in [-0.2, -0.15) is 10.2 Å². The Labute approximate surface area is 175 Å². The highest BCUT2D eigenvalue weighted by molar-refractivity contribution is 5.56. The van der Waals surface area contributed by atoms with Crippen LogP contribution in [0, 0.1) is 23.2 Å². The molecule has 0 radical (unpaired) electrons. The molecule has 1 aliphatic rings. The molecule has 0 aliphatic carbocycles. The molecule has 0 N–H and O–H groups in total. The number of furan rings is 1. The second-order valence-electron chi connectivity index (χ2n) is 7.87. The van der Waals surface area contributed by atoms with Crippen LogP contribution in [0.3, 0.4) is 0 Å². The Morgan fingerprint density at radius 2 is 1.77 bits per heavy atom. The highest BCUT2D eigenvalue weighted by Crippen LogP contribution is 2.33. The standard InChI is InChI=1S/C23H25N3O4/c1-15-10-16(2)13-26(12-15)23-20(11-24)25-22(30-23)21-9-8-19(29-21)14-28-18-6-4-17(27-3)5-7-18/h4-9,15-16H,10,12-14H2,1-3H3. The minimum Gasteiger partial charge on any atom is -0.497 e. The van der Waals surface area contributed by atoms with Gasteiger partial charge in [-0.1, -0.05) is 13.8 Å². The molecule has 3 aromatic rings. The van der Waals surface area contributed by atoms with Gasteiger partial charge in [0.25, 0.3) is 5.89 Å². The molecule has 1 aliphatic heterocycles. The van der Waals surface area contributed by atoms with Gasteiger partial charge in [0.05, 0.1) is 7.11 Å². The predicted molar refractivity (Wildman–Crippen MR) is 111 cm³/mol. The Kier molecular flexibility index (Phi) is 5.66. The van der Waals surface area contributed by atoms with E-state index < -0.39 is 0 Å². The van der Waals surface area contributed by atoms with Gasteiger partial charge in [-0.05, 0) is 54.7 Å². The third-order valence-electron chi connectivity index (χ3n) is 5.18. The molecule has 1 saturated heterocycles. The van der Waals surface area contributed by atoms with Crippen LogP contribution < -0.4 is 14.4 Å². The normalized spacial score (nSPS) is 18.8. The number of hydrogen-bond donors (Lipinski definition) is 0. The first-order valence-corrected chi connectivity index (χ1v) is 10.1. The molecule has 0 saturated carbocycles. The third kappa shape index (κ3) is 4.28. The summed E-state index contributed by atoms with van der Waals surface area (Å²) < 4.78 is 22.7. The van der Waals surface area contributed by atoms with Crippen LogP contribution >= 0.6 is 0 Å². The van der Waals surface area contributed by atoms with E-state index >= 15 is 0 Å². The fourth-order valence-electron chi connectivity index (χ4n) is 3.93. The van der Waals surface area contributed by atoms with Crippen LogP contribution in [0.2, 0.25) is 0 Å². The van der Waals surface area contributed by atoms with Crippen LogP contribution in [0.4, 0.5) is 5.88 Å². The maximum atomic E-state index is 9.54. The van der Waals surface area contributed by atoms with E-state index in [1.54, 1.807) is 13.2 Å². The molecule has 2 aromatic heterocycles. The summed E-state index contributed by atoms with van der Waals surface area (Å²) in [7, 11) is 1.62. The van der Waals surface area contributed by atoms with E-state index in [4.69, 9.17) is 18.3 Å². The number of oxazole rings is 1. The summed E-state index contributed by atoms with van der Waals surface area (Å²) in [6.45, 7) is 6.41. The van der Waals surface area contributed by atoms with Crippen molar-refractivity contribution in [3.05, 3.63) is 47.9 Å². The number of ether oxygens (including phenoxy) is 2. The molecular formula is C23H25N3O4. The number of rotatable bonds is 6. The summed E-state index contributed by atoms with van der Waals surface area (Å²) in [5.74, 6) is 4.52. The molecule has 0 bridgehead atoms. The maximum Gasteiger partial charge on any atom is 0.266 e. The molecule has 0 spiro atoms. The number of benzene rings is 1. The largest absolute Gasteiger partial charge is 0.497 e. The third-order valence-corrected chi connectivity index (χ3v) is 5.18. The SMILES string of the molecule is COc1ccc(OCc2ccc(-c3nc(C#N)c(N4CC(C)CC(C)C4)o3)o2)cc1. The summed E-state index contributed by atoms with van der Waals surface area (Å²) in [6.07, 6.45) is 1.18. The van der Waals surface area contributed by atoms with Crippen LogP contribution in [0.5, 0.6) is 11.5 Å². The number of hydrogen-bond acceptors (Lipinski definition) is 7. The van der Waals surface area contributed by atoms with E-state index in [0.717, 1.165) is 18.8 Å². The number of nitrogens with zero attached hydrogens (tertiary/aromatic N) is 3.